The van der Waals surface area contributed by atoms with Crippen LogP contribution in [0.3, 0.4) is 0 Å². The van der Waals surface area contributed by atoms with Crippen molar-refractivity contribution in [3.8, 4) is 0 Å². The van der Waals surface area contributed by atoms with Crippen LogP contribution in [0.15, 0.2) is 30.3 Å². The van der Waals surface area contributed by atoms with Crippen LogP contribution < -0.4 is 0 Å². The largest absolute Gasteiger partial charge is 0.346 e. The average molecular weight is 212 g/mol. The van der Waals surface area contributed by atoms with Crippen molar-refractivity contribution >= 4 is 17.5 Å². The van der Waals surface area contributed by atoms with Gasteiger partial charge >= 0.3 is 0 Å². The Balaban J connectivity index is 0.000000140. The van der Waals surface area contributed by atoms with Gasteiger partial charge in [0.05, 0.1) is 0 Å². The number of hydrogen-bond acceptors (Lipinski definition) is 1. The van der Waals surface area contributed by atoms with Gasteiger partial charge in [-0.15, -0.1) is 0 Å². The van der Waals surface area contributed by atoms with Gasteiger partial charge in [0, 0.05) is 25.0 Å². The summed E-state index contributed by atoms with van der Waals surface area (Å²) in [5.41, 5.74) is 0. The molecule has 2 rings (SSSR count). The summed E-state index contributed by atoms with van der Waals surface area (Å²) >= 11 is 5.54. The van der Waals surface area contributed by atoms with E-state index >= 15 is 0 Å². The predicted octanol–water partition coefficient (Wildman–Crippen LogP) is 2.58. The molecular formula is C11H14ClNO. The maximum Gasteiger partial charge on any atom is 0.222 e. The highest BCUT2D eigenvalue weighted by Gasteiger charge is 2.14. The van der Waals surface area contributed by atoms with Crippen LogP contribution in [0, 0.1) is 0 Å². The molecule has 3 heteroatoms. The minimum absolute atomic E-state index is 0.292. The van der Waals surface area contributed by atoms with Crippen LogP contribution in [0.2, 0.25) is 5.02 Å². The first kappa shape index (κ1) is 11.1. The number of nitrogens with zero attached hydrogens (tertiary/aromatic N) is 1. The maximum atomic E-state index is 10.5. The van der Waals surface area contributed by atoms with Crippen molar-refractivity contribution in [2.24, 2.45) is 0 Å². The molecule has 1 fully saturated rings. The van der Waals surface area contributed by atoms with Crippen LogP contribution in [0.4, 0.5) is 0 Å². The molecule has 1 aliphatic heterocycles. The lowest BCUT2D eigenvalue weighted by molar-refractivity contribution is -0.126. The Morgan fingerprint density at radius 2 is 1.93 bits per heavy atom. The zero-order chi connectivity index (χ0) is 10.4. The van der Waals surface area contributed by atoms with Gasteiger partial charge in [-0.2, -0.15) is 0 Å². The van der Waals surface area contributed by atoms with Crippen molar-refractivity contribution in [2.45, 2.75) is 12.8 Å². The highest BCUT2D eigenvalue weighted by molar-refractivity contribution is 6.30. The number of likely N-dealkylation sites (tertiary alicyclic amines) is 1. The molecule has 1 aromatic carbocycles. The Morgan fingerprint density at radius 3 is 2.14 bits per heavy atom. The van der Waals surface area contributed by atoms with Crippen molar-refractivity contribution in [3.63, 3.8) is 0 Å². The zero-order valence-corrected chi connectivity index (χ0v) is 9.00. The van der Waals surface area contributed by atoms with E-state index < -0.39 is 0 Å². The van der Waals surface area contributed by atoms with Gasteiger partial charge in [0.1, 0.15) is 0 Å². The van der Waals surface area contributed by atoms with E-state index in [1.165, 1.54) is 0 Å². The van der Waals surface area contributed by atoms with Crippen LogP contribution in [-0.2, 0) is 4.79 Å². The van der Waals surface area contributed by atoms with E-state index in [0.717, 1.165) is 24.4 Å². The van der Waals surface area contributed by atoms with Crippen molar-refractivity contribution in [1.29, 1.82) is 0 Å². The van der Waals surface area contributed by atoms with Gasteiger partial charge in [0.25, 0.3) is 0 Å². The molecule has 0 bridgehead atoms. The predicted molar refractivity (Wildman–Crippen MR) is 58.3 cm³/mol. The van der Waals surface area contributed by atoms with Crippen molar-refractivity contribution in [3.05, 3.63) is 35.4 Å². The molecule has 0 atom stereocenters. The van der Waals surface area contributed by atoms with E-state index in [1.54, 1.807) is 4.90 Å². The van der Waals surface area contributed by atoms with Crippen LogP contribution in [0.1, 0.15) is 12.8 Å². The summed E-state index contributed by atoms with van der Waals surface area (Å²) in [6.45, 7) is 0.957. The van der Waals surface area contributed by atoms with Crippen LogP contribution in [-0.4, -0.2) is 24.4 Å². The molecule has 14 heavy (non-hydrogen) atoms. The van der Waals surface area contributed by atoms with E-state index in [1.807, 2.05) is 37.4 Å². The van der Waals surface area contributed by atoms with Crippen molar-refractivity contribution in [1.82, 2.24) is 4.90 Å². The molecule has 2 nitrogen and oxygen atoms in total. The summed E-state index contributed by atoms with van der Waals surface area (Å²) in [6, 6.07) is 9.44. The third-order valence-electron chi connectivity index (χ3n) is 2.04. The second-order valence-corrected chi connectivity index (χ2v) is 3.65. The fourth-order valence-electron chi connectivity index (χ4n) is 1.20. The van der Waals surface area contributed by atoms with E-state index in [2.05, 4.69) is 0 Å². The second-order valence-electron chi connectivity index (χ2n) is 3.21. The lowest BCUT2D eigenvalue weighted by Crippen LogP contribution is -2.17. The number of benzene rings is 1. The number of hydrogen-bond donors (Lipinski definition) is 0. The standard InChI is InChI=1S/C6H5Cl.C5H9NO/c7-6-4-2-1-3-5-6;1-6-4-2-3-5(6)7/h1-5H;2-4H2,1H3. The summed E-state index contributed by atoms with van der Waals surface area (Å²) in [5.74, 6) is 0.292. The lowest BCUT2D eigenvalue weighted by Gasteiger charge is -2.03. The third kappa shape index (κ3) is 3.79. The van der Waals surface area contributed by atoms with Gasteiger partial charge in [0.2, 0.25) is 5.91 Å². The van der Waals surface area contributed by atoms with Crippen LogP contribution in [0.25, 0.3) is 0 Å². The van der Waals surface area contributed by atoms with Crippen molar-refractivity contribution < 1.29 is 4.79 Å². The summed E-state index contributed by atoms with van der Waals surface area (Å²) in [6.07, 6.45) is 1.81. The topological polar surface area (TPSA) is 20.3 Å². The van der Waals surface area contributed by atoms with E-state index in [-0.39, 0.29) is 0 Å². The van der Waals surface area contributed by atoms with Gasteiger partial charge < -0.3 is 4.90 Å². The monoisotopic (exact) mass is 211 g/mol. The first-order chi connectivity index (χ1) is 6.70. The quantitative estimate of drug-likeness (QED) is 0.646. The van der Waals surface area contributed by atoms with Gasteiger partial charge in [-0.3, -0.25) is 4.79 Å². The number of carbonyl (C=O) groups excluding carboxylic acids is 1. The molecule has 0 saturated carbocycles. The molecule has 1 aliphatic rings. The Morgan fingerprint density at radius 1 is 1.29 bits per heavy atom. The molecule has 1 amide bonds. The SMILES string of the molecule is CN1CCCC1=O.Clc1ccccc1. The summed E-state index contributed by atoms with van der Waals surface area (Å²) in [4.78, 5) is 12.3. The highest BCUT2D eigenvalue weighted by Crippen LogP contribution is 2.04. The average Bonchev–Trinajstić information content (AvgIpc) is 2.53. The molecule has 0 unspecified atom stereocenters. The molecular weight excluding hydrogens is 198 g/mol. The summed E-state index contributed by atoms with van der Waals surface area (Å²) < 4.78 is 0. The number of amides is 1. The molecule has 76 valence electrons. The Kier molecular flexibility index (Phi) is 4.47. The Bertz CT molecular complexity index is 287. The molecule has 0 N–H and O–H groups in total. The smallest absolute Gasteiger partial charge is 0.222 e. The fraction of sp³-hybridized carbons (Fsp3) is 0.364. The van der Waals surface area contributed by atoms with E-state index in [4.69, 9.17) is 11.6 Å². The Labute approximate surface area is 89.5 Å². The van der Waals surface area contributed by atoms with Crippen molar-refractivity contribution in [2.75, 3.05) is 13.6 Å². The van der Waals surface area contributed by atoms with E-state index in [0.29, 0.717) is 5.91 Å². The van der Waals surface area contributed by atoms with Gasteiger partial charge in [-0.1, -0.05) is 29.8 Å². The lowest BCUT2D eigenvalue weighted by atomic mass is 10.4. The number of carbonyl (C=O) groups is 1. The minimum atomic E-state index is 0.292. The number of rotatable bonds is 0. The molecule has 0 aliphatic carbocycles. The summed E-state index contributed by atoms with van der Waals surface area (Å²) in [5, 5.41) is 0.794. The second kappa shape index (κ2) is 5.66. The highest BCUT2D eigenvalue weighted by atomic mass is 35.5. The van der Waals surface area contributed by atoms with Gasteiger partial charge in [-0.25, -0.2) is 0 Å². The maximum absolute atomic E-state index is 10.5. The molecule has 0 aromatic heterocycles. The van der Waals surface area contributed by atoms with Gasteiger partial charge in [0.15, 0.2) is 0 Å². The first-order valence-corrected chi connectivity index (χ1v) is 5.02. The number of halogens is 1. The first-order valence-electron chi connectivity index (χ1n) is 4.64. The van der Waals surface area contributed by atoms with Crippen LogP contribution >= 0.6 is 11.6 Å². The molecule has 1 saturated heterocycles. The van der Waals surface area contributed by atoms with E-state index in [9.17, 15) is 4.79 Å². The van der Waals surface area contributed by atoms with Gasteiger partial charge in [-0.05, 0) is 18.6 Å². The molecule has 1 heterocycles. The fourth-order valence-corrected chi connectivity index (χ4v) is 1.34. The molecule has 0 spiro atoms. The van der Waals surface area contributed by atoms with Crippen LogP contribution in [0.5, 0.6) is 0 Å². The Hall–Kier alpha value is -1.02. The normalized spacial score (nSPS) is 15.0. The third-order valence-corrected chi connectivity index (χ3v) is 2.30. The molecule has 0 radical (unpaired) electrons. The summed E-state index contributed by atoms with van der Waals surface area (Å²) in [7, 11) is 1.84. The zero-order valence-electron chi connectivity index (χ0n) is 8.24. The molecule has 1 aromatic rings. The minimum Gasteiger partial charge on any atom is -0.346 e.